The second-order valence-corrected chi connectivity index (χ2v) is 7.23. The molecule has 2 aromatic heterocycles. The van der Waals surface area contributed by atoms with Gasteiger partial charge in [0.2, 0.25) is 0 Å². The van der Waals surface area contributed by atoms with Gasteiger partial charge in [0.25, 0.3) is 5.91 Å². The third kappa shape index (κ3) is 2.99. The van der Waals surface area contributed by atoms with Gasteiger partial charge in [0.05, 0.1) is 29.0 Å². The van der Waals surface area contributed by atoms with Crippen molar-refractivity contribution >= 4 is 16.8 Å². The number of benzene rings is 2. The minimum Gasteiger partial charge on any atom is -0.358 e. The lowest BCUT2D eigenvalue weighted by Gasteiger charge is -2.15. The summed E-state index contributed by atoms with van der Waals surface area (Å²) in [5, 5.41) is 8.73. The summed E-state index contributed by atoms with van der Waals surface area (Å²) in [6, 6.07) is 15.7. The van der Waals surface area contributed by atoms with Crippen molar-refractivity contribution < 1.29 is 4.79 Å². The number of rotatable bonds is 4. The number of hydrogen-bond acceptors (Lipinski definition) is 2. The van der Waals surface area contributed by atoms with E-state index in [9.17, 15) is 4.79 Å². The molecular weight excluding hydrogens is 348 g/mol. The SMILES string of the molecule is Cc1[nH]c2c(C(=O)NC(C)c3cnn(-c4ccccc4)c3C)cccc2c1C. The molecule has 4 rings (SSSR count). The predicted molar refractivity (Wildman–Crippen MR) is 112 cm³/mol. The number of carbonyl (C=O) groups is 1. The summed E-state index contributed by atoms with van der Waals surface area (Å²) in [5.41, 5.74) is 6.84. The van der Waals surface area contributed by atoms with E-state index in [1.807, 2.05) is 80.2 Å². The van der Waals surface area contributed by atoms with Crippen molar-refractivity contribution in [2.45, 2.75) is 33.7 Å². The molecule has 5 heteroatoms. The lowest BCUT2D eigenvalue weighted by Crippen LogP contribution is -2.27. The Morgan fingerprint density at radius 1 is 1.07 bits per heavy atom. The van der Waals surface area contributed by atoms with Gasteiger partial charge in [0, 0.05) is 22.3 Å². The molecule has 0 aliphatic carbocycles. The van der Waals surface area contributed by atoms with Gasteiger partial charge in [0.15, 0.2) is 0 Å². The molecule has 2 N–H and O–H groups in total. The van der Waals surface area contributed by atoms with Gasteiger partial charge >= 0.3 is 0 Å². The second-order valence-electron chi connectivity index (χ2n) is 7.23. The van der Waals surface area contributed by atoms with Crippen molar-refractivity contribution in [1.29, 1.82) is 0 Å². The zero-order chi connectivity index (χ0) is 19.8. The number of hydrogen-bond donors (Lipinski definition) is 2. The number of aromatic amines is 1. The van der Waals surface area contributed by atoms with E-state index in [1.54, 1.807) is 0 Å². The average molecular weight is 372 g/mol. The van der Waals surface area contributed by atoms with Crippen molar-refractivity contribution in [3.05, 3.63) is 82.8 Å². The summed E-state index contributed by atoms with van der Waals surface area (Å²) in [6.07, 6.45) is 1.83. The Kier molecular flexibility index (Phi) is 4.51. The molecule has 0 aliphatic heterocycles. The lowest BCUT2D eigenvalue weighted by molar-refractivity contribution is 0.0941. The minimum absolute atomic E-state index is 0.0915. The van der Waals surface area contributed by atoms with Gasteiger partial charge in [-0.1, -0.05) is 30.3 Å². The Labute approximate surface area is 164 Å². The number of para-hydroxylation sites is 2. The molecule has 1 amide bonds. The van der Waals surface area contributed by atoms with Crippen molar-refractivity contribution in [2.75, 3.05) is 0 Å². The third-order valence-corrected chi connectivity index (χ3v) is 5.45. The van der Waals surface area contributed by atoms with Gasteiger partial charge in [-0.3, -0.25) is 4.79 Å². The van der Waals surface area contributed by atoms with Gasteiger partial charge in [-0.15, -0.1) is 0 Å². The Morgan fingerprint density at radius 3 is 2.57 bits per heavy atom. The number of carbonyl (C=O) groups excluding carboxylic acids is 1. The molecule has 1 atom stereocenters. The molecule has 1 unspecified atom stereocenters. The number of nitrogens with zero attached hydrogens (tertiary/aromatic N) is 2. The second kappa shape index (κ2) is 7.00. The molecular formula is C23H24N4O. The average Bonchev–Trinajstić information content (AvgIpc) is 3.22. The molecule has 142 valence electrons. The topological polar surface area (TPSA) is 62.7 Å². The maximum Gasteiger partial charge on any atom is 0.253 e. The van der Waals surface area contributed by atoms with E-state index < -0.39 is 0 Å². The molecule has 4 aromatic rings. The van der Waals surface area contributed by atoms with E-state index in [4.69, 9.17) is 0 Å². The highest BCUT2D eigenvalue weighted by molar-refractivity contribution is 6.06. The molecule has 0 spiro atoms. The maximum atomic E-state index is 13.0. The predicted octanol–water partition coefficient (Wildman–Crippen LogP) is 4.77. The van der Waals surface area contributed by atoms with Crippen LogP contribution < -0.4 is 5.32 Å². The van der Waals surface area contributed by atoms with Crippen LogP contribution in [0.3, 0.4) is 0 Å². The summed E-state index contributed by atoms with van der Waals surface area (Å²) >= 11 is 0. The van der Waals surface area contributed by atoms with Crippen molar-refractivity contribution in [3.63, 3.8) is 0 Å². The molecule has 2 aromatic carbocycles. The summed E-state index contributed by atoms with van der Waals surface area (Å²) in [6.45, 7) is 8.11. The van der Waals surface area contributed by atoms with Crippen LogP contribution in [0.15, 0.2) is 54.7 Å². The smallest absolute Gasteiger partial charge is 0.253 e. The fraction of sp³-hybridized carbons (Fsp3) is 0.217. The van der Waals surface area contributed by atoms with Gasteiger partial charge in [-0.25, -0.2) is 4.68 Å². The summed E-state index contributed by atoms with van der Waals surface area (Å²) in [5.74, 6) is -0.0915. The molecule has 0 saturated heterocycles. The largest absolute Gasteiger partial charge is 0.358 e. The van der Waals surface area contributed by atoms with E-state index in [1.165, 1.54) is 5.56 Å². The maximum absolute atomic E-state index is 13.0. The fourth-order valence-corrected chi connectivity index (χ4v) is 3.70. The Bertz CT molecular complexity index is 1150. The Hall–Kier alpha value is -3.34. The number of nitrogens with one attached hydrogen (secondary N) is 2. The van der Waals surface area contributed by atoms with E-state index in [-0.39, 0.29) is 11.9 Å². The summed E-state index contributed by atoms with van der Waals surface area (Å²) < 4.78 is 1.90. The van der Waals surface area contributed by atoms with E-state index >= 15 is 0 Å². The lowest BCUT2D eigenvalue weighted by atomic mass is 10.1. The first-order chi connectivity index (χ1) is 13.5. The Balaban J connectivity index is 1.61. The van der Waals surface area contributed by atoms with Gasteiger partial charge in [0.1, 0.15) is 0 Å². The monoisotopic (exact) mass is 372 g/mol. The quantitative estimate of drug-likeness (QED) is 0.542. The first kappa shape index (κ1) is 18.0. The highest BCUT2D eigenvalue weighted by Gasteiger charge is 2.19. The molecule has 0 bridgehead atoms. The van der Waals surface area contributed by atoms with E-state index in [0.717, 1.165) is 33.5 Å². The molecule has 0 aliphatic rings. The zero-order valence-electron chi connectivity index (χ0n) is 16.6. The van der Waals surface area contributed by atoms with E-state index in [0.29, 0.717) is 5.56 Å². The van der Waals surface area contributed by atoms with Gasteiger partial charge < -0.3 is 10.3 Å². The molecule has 2 heterocycles. The summed E-state index contributed by atoms with van der Waals surface area (Å²) in [7, 11) is 0. The number of fused-ring (bicyclic) bond motifs is 1. The van der Waals surface area contributed by atoms with Crippen LogP contribution in [0.2, 0.25) is 0 Å². The molecule has 0 saturated carbocycles. The normalized spacial score (nSPS) is 12.3. The summed E-state index contributed by atoms with van der Waals surface area (Å²) in [4.78, 5) is 16.3. The van der Waals surface area contributed by atoms with E-state index in [2.05, 4.69) is 22.3 Å². The number of amides is 1. The highest BCUT2D eigenvalue weighted by atomic mass is 16.1. The van der Waals surface area contributed by atoms with Gasteiger partial charge in [-0.2, -0.15) is 5.10 Å². The van der Waals surface area contributed by atoms with Crippen molar-refractivity contribution in [3.8, 4) is 5.69 Å². The first-order valence-electron chi connectivity index (χ1n) is 9.46. The number of H-pyrrole nitrogens is 1. The minimum atomic E-state index is -0.155. The van der Waals surface area contributed by atoms with Crippen LogP contribution in [0.4, 0.5) is 0 Å². The molecule has 0 radical (unpaired) electrons. The standard InChI is InChI=1S/C23H24N4O/c1-14-15(2)25-22-19(14)11-8-12-20(22)23(28)26-16(3)21-13-24-27(17(21)4)18-9-6-5-7-10-18/h5-13,16,25H,1-4H3,(H,26,28). The van der Waals surface area contributed by atoms with Crippen LogP contribution in [0.1, 0.15) is 45.8 Å². The molecule has 28 heavy (non-hydrogen) atoms. The van der Waals surface area contributed by atoms with Gasteiger partial charge in [-0.05, 0) is 51.5 Å². The van der Waals surface area contributed by atoms with Crippen molar-refractivity contribution in [2.24, 2.45) is 0 Å². The van der Waals surface area contributed by atoms with Crippen LogP contribution in [0.25, 0.3) is 16.6 Å². The first-order valence-corrected chi connectivity index (χ1v) is 9.46. The number of aryl methyl sites for hydroxylation is 2. The van der Waals surface area contributed by atoms with Crippen LogP contribution >= 0.6 is 0 Å². The Morgan fingerprint density at radius 2 is 1.82 bits per heavy atom. The zero-order valence-corrected chi connectivity index (χ0v) is 16.6. The molecule has 5 nitrogen and oxygen atoms in total. The van der Waals surface area contributed by atoms with Crippen molar-refractivity contribution in [1.82, 2.24) is 20.1 Å². The van der Waals surface area contributed by atoms with Crippen LogP contribution in [0.5, 0.6) is 0 Å². The fourth-order valence-electron chi connectivity index (χ4n) is 3.70. The molecule has 0 fully saturated rings. The van der Waals surface area contributed by atoms with Crippen LogP contribution in [0, 0.1) is 20.8 Å². The van der Waals surface area contributed by atoms with Crippen LogP contribution in [-0.4, -0.2) is 20.7 Å². The third-order valence-electron chi connectivity index (χ3n) is 5.45. The number of aromatic nitrogens is 3. The van der Waals surface area contributed by atoms with Crippen LogP contribution in [-0.2, 0) is 0 Å². The highest BCUT2D eigenvalue weighted by Crippen LogP contribution is 2.25.